The molecule has 2 rings (SSSR count). The van der Waals surface area contributed by atoms with Gasteiger partial charge in [0.15, 0.2) is 0 Å². The van der Waals surface area contributed by atoms with Crippen molar-refractivity contribution in [1.82, 2.24) is 10.2 Å². The zero-order valence-electron chi connectivity index (χ0n) is 18.6. The standard InChI is InChI=1S/C25H34N2O2/c1-17(2)15-26-25(29)21(6)27(16-22-9-7-8-18(3)11-22)24(28)14-23-12-19(4)10-20(5)13-23/h7-13,17,21H,14-16H2,1-6H3,(H,26,29). The minimum absolute atomic E-state index is 0.0382. The molecule has 1 atom stereocenters. The summed E-state index contributed by atoms with van der Waals surface area (Å²) in [5.41, 5.74) is 5.43. The average molecular weight is 395 g/mol. The molecule has 0 fully saturated rings. The van der Waals surface area contributed by atoms with Gasteiger partial charge < -0.3 is 10.2 Å². The molecule has 0 spiro atoms. The molecule has 156 valence electrons. The number of carbonyl (C=O) groups excluding carboxylic acids is 2. The Morgan fingerprint density at radius 2 is 1.52 bits per heavy atom. The molecule has 0 aliphatic carbocycles. The summed E-state index contributed by atoms with van der Waals surface area (Å²) in [5.74, 6) is 0.214. The van der Waals surface area contributed by atoms with Gasteiger partial charge in [-0.05, 0) is 44.7 Å². The van der Waals surface area contributed by atoms with E-state index >= 15 is 0 Å². The fourth-order valence-electron chi connectivity index (χ4n) is 3.49. The SMILES string of the molecule is Cc1cc(C)cc(CC(=O)N(Cc2cccc(C)c2)C(C)C(=O)NCC(C)C)c1. The minimum atomic E-state index is -0.535. The molecule has 0 saturated heterocycles. The van der Waals surface area contributed by atoms with Gasteiger partial charge >= 0.3 is 0 Å². The van der Waals surface area contributed by atoms with Gasteiger partial charge in [-0.25, -0.2) is 0 Å². The van der Waals surface area contributed by atoms with Gasteiger partial charge in [-0.3, -0.25) is 9.59 Å². The van der Waals surface area contributed by atoms with E-state index in [1.165, 1.54) is 0 Å². The van der Waals surface area contributed by atoms with Crippen molar-refractivity contribution >= 4 is 11.8 Å². The second-order valence-electron chi connectivity index (χ2n) is 8.50. The Labute approximate surface area is 175 Å². The molecule has 0 radical (unpaired) electrons. The lowest BCUT2D eigenvalue weighted by atomic mass is 10.0. The molecular formula is C25H34N2O2. The lowest BCUT2D eigenvalue weighted by molar-refractivity contribution is -0.140. The maximum absolute atomic E-state index is 13.3. The lowest BCUT2D eigenvalue weighted by Gasteiger charge is -2.29. The third kappa shape index (κ3) is 7.04. The fourth-order valence-corrected chi connectivity index (χ4v) is 3.49. The van der Waals surface area contributed by atoms with Crippen LogP contribution in [0.5, 0.6) is 0 Å². The van der Waals surface area contributed by atoms with E-state index < -0.39 is 6.04 Å². The first-order valence-electron chi connectivity index (χ1n) is 10.4. The van der Waals surface area contributed by atoms with Crippen molar-refractivity contribution in [2.24, 2.45) is 5.92 Å². The van der Waals surface area contributed by atoms with Gasteiger partial charge in [0.25, 0.3) is 0 Å². The molecular weight excluding hydrogens is 360 g/mol. The summed E-state index contributed by atoms with van der Waals surface area (Å²) < 4.78 is 0. The van der Waals surface area contributed by atoms with Crippen LogP contribution in [-0.4, -0.2) is 29.3 Å². The molecule has 0 aromatic heterocycles. The van der Waals surface area contributed by atoms with E-state index in [0.29, 0.717) is 19.0 Å². The zero-order chi connectivity index (χ0) is 21.6. The Morgan fingerprint density at radius 3 is 2.10 bits per heavy atom. The Balaban J connectivity index is 2.24. The molecule has 0 bridgehead atoms. The van der Waals surface area contributed by atoms with Crippen LogP contribution < -0.4 is 5.32 Å². The van der Waals surface area contributed by atoms with Crippen molar-refractivity contribution in [2.45, 2.75) is 60.5 Å². The van der Waals surface area contributed by atoms with E-state index in [1.807, 2.05) is 58.0 Å². The summed E-state index contributed by atoms with van der Waals surface area (Å²) in [6, 6.07) is 13.7. The van der Waals surface area contributed by atoms with Crippen LogP contribution in [0.4, 0.5) is 0 Å². The number of hydrogen-bond donors (Lipinski definition) is 1. The molecule has 1 unspecified atom stereocenters. The number of rotatable bonds is 8. The van der Waals surface area contributed by atoms with E-state index in [2.05, 4.69) is 31.3 Å². The second kappa shape index (κ2) is 10.2. The van der Waals surface area contributed by atoms with Gasteiger partial charge in [0, 0.05) is 13.1 Å². The molecule has 0 heterocycles. The van der Waals surface area contributed by atoms with Crippen LogP contribution in [0.15, 0.2) is 42.5 Å². The quantitative estimate of drug-likeness (QED) is 0.724. The van der Waals surface area contributed by atoms with Gasteiger partial charge in [0.1, 0.15) is 6.04 Å². The molecule has 4 heteroatoms. The van der Waals surface area contributed by atoms with Crippen LogP contribution in [0.2, 0.25) is 0 Å². The van der Waals surface area contributed by atoms with E-state index in [0.717, 1.165) is 27.8 Å². The predicted molar refractivity (Wildman–Crippen MR) is 119 cm³/mol. The number of amides is 2. The van der Waals surface area contributed by atoms with Gasteiger partial charge in [0.05, 0.1) is 6.42 Å². The molecule has 4 nitrogen and oxygen atoms in total. The van der Waals surface area contributed by atoms with Crippen molar-refractivity contribution in [1.29, 1.82) is 0 Å². The molecule has 2 aromatic rings. The van der Waals surface area contributed by atoms with Crippen molar-refractivity contribution < 1.29 is 9.59 Å². The van der Waals surface area contributed by atoms with E-state index in [9.17, 15) is 9.59 Å². The van der Waals surface area contributed by atoms with Crippen LogP contribution in [0.1, 0.15) is 48.6 Å². The third-order valence-corrected chi connectivity index (χ3v) is 4.92. The summed E-state index contributed by atoms with van der Waals surface area (Å²) in [7, 11) is 0. The van der Waals surface area contributed by atoms with Crippen LogP contribution >= 0.6 is 0 Å². The highest BCUT2D eigenvalue weighted by Crippen LogP contribution is 2.15. The Bertz CT molecular complexity index is 837. The zero-order valence-corrected chi connectivity index (χ0v) is 18.6. The van der Waals surface area contributed by atoms with Crippen molar-refractivity contribution in [2.75, 3.05) is 6.54 Å². The average Bonchev–Trinajstić information content (AvgIpc) is 2.62. The number of nitrogens with zero attached hydrogens (tertiary/aromatic N) is 1. The Hall–Kier alpha value is -2.62. The number of hydrogen-bond acceptors (Lipinski definition) is 2. The van der Waals surface area contributed by atoms with Crippen molar-refractivity contribution in [3.63, 3.8) is 0 Å². The number of benzene rings is 2. The number of nitrogens with one attached hydrogen (secondary N) is 1. The summed E-state index contributed by atoms with van der Waals surface area (Å²) in [4.78, 5) is 27.7. The van der Waals surface area contributed by atoms with Gasteiger partial charge in [0.2, 0.25) is 11.8 Å². The van der Waals surface area contributed by atoms with E-state index in [4.69, 9.17) is 0 Å². The summed E-state index contributed by atoms with van der Waals surface area (Å²) >= 11 is 0. The predicted octanol–water partition coefficient (Wildman–Crippen LogP) is 4.34. The Morgan fingerprint density at radius 1 is 0.897 bits per heavy atom. The maximum atomic E-state index is 13.3. The number of carbonyl (C=O) groups is 2. The Kier molecular flexibility index (Phi) is 8.00. The molecule has 1 N–H and O–H groups in total. The largest absolute Gasteiger partial charge is 0.354 e. The molecule has 0 aliphatic rings. The highest BCUT2D eigenvalue weighted by atomic mass is 16.2. The van der Waals surface area contributed by atoms with Crippen molar-refractivity contribution in [3.8, 4) is 0 Å². The molecule has 0 aliphatic heterocycles. The first kappa shape index (κ1) is 22.7. The van der Waals surface area contributed by atoms with Gasteiger partial charge in [-0.1, -0.05) is 73.0 Å². The van der Waals surface area contributed by atoms with Crippen LogP contribution in [0.3, 0.4) is 0 Å². The number of aryl methyl sites for hydroxylation is 3. The molecule has 2 amide bonds. The van der Waals surface area contributed by atoms with Crippen LogP contribution in [0, 0.1) is 26.7 Å². The summed E-state index contributed by atoms with van der Waals surface area (Å²) in [6.45, 7) is 13.0. The lowest BCUT2D eigenvalue weighted by Crippen LogP contribution is -2.48. The van der Waals surface area contributed by atoms with Gasteiger partial charge in [-0.2, -0.15) is 0 Å². The molecule has 0 saturated carbocycles. The highest BCUT2D eigenvalue weighted by molar-refractivity contribution is 5.88. The van der Waals surface area contributed by atoms with E-state index in [1.54, 1.807) is 4.90 Å². The van der Waals surface area contributed by atoms with Crippen LogP contribution in [0.25, 0.3) is 0 Å². The molecule has 2 aromatic carbocycles. The van der Waals surface area contributed by atoms with Crippen molar-refractivity contribution in [3.05, 3.63) is 70.3 Å². The van der Waals surface area contributed by atoms with E-state index in [-0.39, 0.29) is 18.2 Å². The second-order valence-corrected chi connectivity index (χ2v) is 8.50. The first-order chi connectivity index (χ1) is 13.7. The summed E-state index contributed by atoms with van der Waals surface area (Å²) in [5, 5.41) is 2.96. The maximum Gasteiger partial charge on any atom is 0.242 e. The highest BCUT2D eigenvalue weighted by Gasteiger charge is 2.26. The normalized spacial score (nSPS) is 12.0. The van der Waals surface area contributed by atoms with Crippen LogP contribution in [-0.2, 0) is 22.6 Å². The topological polar surface area (TPSA) is 49.4 Å². The molecule has 29 heavy (non-hydrogen) atoms. The third-order valence-electron chi connectivity index (χ3n) is 4.92. The monoisotopic (exact) mass is 394 g/mol. The minimum Gasteiger partial charge on any atom is -0.354 e. The van der Waals surface area contributed by atoms with Gasteiger partial charge in [-0.15, -0.1) is 0 Å². The smallest absolute Gasteiger partial charge is 0.242 e. The summed E-state index contributed by atoms with van der Waals surface area (Å²) in [6.07, 6.45) is 0.288. The first-order valence-corrected chi connectivity index (χ1v) is 10.4. The fraction of sp³-hybridized carbons (Fsp3) is 0.440.